The fourth-order valence-corrected chi connectivity index (χ4v) is 4.76. The summed E-state index contributed by atoms with van der Waals surface area (Å²) in [6, 6.07) is 13.8. The fourth-order valence-electron chi connectivity index (χ4n) is 3.79. The Morgan fingerprint density at radius 1 is 1.00 bits per heavy atom. The third kappa shape index (κ3) is 4.68. The first-order valence-electron chi connectivity index (χ1n) is 10.9. The summed E-state index contributed by atoms with van der Waals surface area (Å²) in [4.78, 5) is 18.3. The number of rotatable bonds is 7. The van der Waals surface area contributed by atoms with Gasteiger partial charge in [-0.1, -0.05) is 41.2 Å². The van der Waals surface area contributed by atoms with Crippen LogP contribution in [0.2, 0.25) is 0 Å². The number of carbonyl (C=O) groups is 1. The highest BCUT2D eigenvalue weighted by Gasteiger charge is 2.21. The zero-order chi connectivity index (χ0) is 24.4. The van der Waals surface area contributed by atoms with Crippen molar-refractivity contribution in [3.8, 4) is 16.6 Å². The molecule has 8 heteroatoms. The van der Waals surface area contributed by atoms with Gasteiger partial charge in [0.05, 0.1) is 31.3 Å². The van der Waals surface area contributed by atoms with Crippen molar-refractivity contribution in [1.82, 2.24) is 14.8 Å². The first-order chi connectivity index (χ1) is 16.3. The molecule has 0 unspecified atom stereocenters. The summed E-state index contributed by atoms with van der Waals surface area (Å²) >= 11 is 1.32. The molecule has 4 rings (SSSR count). The minimum absolute atomic E-state index is 0.244. The molecule has 34 heavy (non-hydrogen) atoms. The Balaban J connectivity index is 1.60. The van der Waals surface area contributed by atoms with Crippen LogP contribution < -0.4 is 14.8 Å². The molecule has 2 heterocycles. The van der Waals surface area contributed by atoms with Gasteiger partial charge in [-0.15, -0.1) is 0 Å². The van der Waals surface area contributed by atoms with E-state index in [2.05, 4.69) is 41.5 Å². The molecule has 0 aliphatic heterocycles. The van der Waals surface area contributed by atoms with E-state index in [4.69, 9.17) is 14.6 Å². The molecule has 0 bridgehead atoms. The van der Waals surface area contributed by atoms with Crippen molar-refractivity contribution in [3.05, 3.63) is 81.1 Å². The van der Waals surface area contributed by atoms with Crippen molar-refractivity contribution in [2.45, 2.75) is 34.1 Å². The standard InChI is InChI=1S/C26H28N4O3S/c1-15-7-9-19(10-8-15)13-21-16(2)29-30(18(21)4)26-27-17(3)24(34-26)25(31)28-22-12-11-20(32-5)14-23(22)33-6/h7-12,14H,13H2,1-6H3,(H,28,31). The number of hydrogen-bond acceptors (Lipinski definition) is 6. The van der Waals surface area contributed by atoms with Crippen molar-refractivity contribution < 1.29 is 14.3 Å². The van der Waals surface area contributed by atoms with Gasteiger partial charge in [-0.25, -0.2) is 9.67 Å². The zero-order valence-electron chi connectivity index (χ0n) is 20.2. The van der Waals surface area contributed by atoms with Gasteiger partial charge in [-0.3, -0.25) is 4.79 Å². The third-order valence-corrected chi connectivity index (χ3v) is 6.90. The summed E-state index contributed by atoms with van der Waals surface area (Å²) < 4.78 is 12.5. The van der Waals surface area contributed by atoms with Crippen molar-refractivity contribution >= 4 is 22.9 Å². The van der Waals surface area contributed by atoms with E-state index < -0.39 is 0 Å². The fraction of sp³-hybridized carbons (Fsp3) is 0.269. The summed E-state index contributed by atoms with van der Waals surface area (Å²) in [6.45, 7) is 7.97. The van der Waals surface area contributed by atoms with Gasteiger partial charge in [0.15, 0.2) is 0 Å². The van der Waals surface area contributed by atoms with E-state index in [9.17, 15) is 4.79 Å². The molecule has 0 saturated heterocycles. The monoisotopic (exact) mass is 476 g/mol. The van der Waals surface area contributed by atoms with Crippen molar-refractivity contribution in [3.63, 3.8) is 0 Å². The Morgan fingerprint density at radius 3 is 2.41 bits per heavy atom. The number of anilines is 1. The summed E-state index contributed by atoms with van der Waals surface area (Å²) in [5, 5.41) is 8.33. The highest BCUT2D eigenvalue weighted by molar-refractivity contribution is 7.16. The molecular weight excluding hydrogens is 448 g/mol. The van der Waals surface area contributed by atoms with Crippen LogP contribution in [-0.2, 0) is 6.42 Å². The van der Waals surface area contributed by atoms with Gasteiger partial charge < -0.3 is 14.8 Å². The molecule has 2 aromatic carbocycles. The van der Waals surface area contributed by atoms with Crippen LogP contribution in [0.1, 0.15) is 43.4 Å². The van der Waals surface area contributed by atoms with E-state index in [-0.39, 0.29) is 5.91 Å². The van der Waals surface area contributed by atoms with Crippen LogP contribution in [-0.4, -0.2) is 34.9 Å². The van der Waals surface area contributed by atoms with Crippen LogP contribution in [0.5, 0.6) is 11.5 Å². The minimum atomic E-state index is -0.244. The molecule has 0 radical (unpaired) electrons. The average molecular weight is 477 g/mol. The number of aromatic nitrogens is 3. The van der Waals surface area contributed by atoms with Crippen LogP contribution in [0.3, 0.4) is 0 Å². The molecule has 0 atom stereocenters. The van der Waals surface area contributed by atoms with Gasteiger partial charge in [0.25, 0.3) is 5.91 Å². The maximum Gasteiger partial charge on any atom is 0.267 e. The lowest BCUT2D eigenvalue weighted by Crippen LogP contribution is -2.12. The molecule has 176 valence electrons. The van der Waals surface area contributed by atoms with Crippen LogP contribution in [0.25, 0.3) is 5.13 Å². The zero-order valence-corrected chi connectivity index (χ0v) is 21.0. The van der Waals surface area contributed by atoms with Crippen molar-refractivity contribution in [2.75, 3.05) is 19.5 Å². The van der Waals surface area contributed by atoms with Crippen LogP contribution in [0.4, 0.5) is 5.69 Å². The number of ether oxygens (including phenoxy) is 2. The predicted octanol–water partition coefficient (Wildman–Crippen LogP) is 5.42. The van der Waals surface area contributed by atoms with E-state index in [0.717, 1.165) is 17.8 Å². The molecule has 4 aromatic rings. The Hall–Kier alpha value is -3.65. The van der Waals surface area contributed by atoms with Gasteiger partial charge in [-0.05, 0) is 45.4 Å². The minimum Gasteiger partial charge on any atom is -0.497 e. The van der Waals surface area contributed by atoms with E-state index in [1.807, 2.05) is 25.5 Å². The Kier molecular flexibility index (Phi) is 6.70. The maximum absolute atomic E-state index is 13.1. The summed E-state index contributed by atoms with van der Waals surface area (Å²) in [7, 11) is 3.14. The number of amides is 1. The number of carbonyl (C=O) groups excluding carboxylic acids is 1. The third-order valence-electron chi connectivity index (χ3n) is 5.77. The van der Waals surface area contributed by atoms with Gasteiger partial charge in [0.2, 0.25) is 5.13 Å². The van der Waals surface area contributed by atoms with Gasteiger partial charge in [-0.2, -0.15) is 5.10 Å². The lowest BCUT2D eigenvalue weighted by Gasteiger charge is -2.11. The quantitative estimate of drug-likeness (QED) is 0.385. The van der Waals surface area contributed by atoms with Gasteiger partial charge >= 0.3 is 0 Å². The molecule has 0 saturated carbocycles. The van der Waals surface area contributed by atoms with Crippen LogP contribution >= 0.6 is 11.3 Å². The number of methoxy groups -OCH3 is 2. The molecule has 0 spiro atoms. The van der Waals surface area contributed by atoms with Crippen molar-refractivity contribution in [2.24, 2.45) is 0 Å². The second kappa shape index (κ2) is 9.69. The van der Waals surface area contributed by atoms with Gasteiger partial charge in [0.1, 0.15) is 16.4 Å². The molecular formula is C26H28N4O3S. The Bertz CT molecular complexity index is 1340. The molecule has 0 aliphatic carbocycles. The number of benzene rings is 2. The SMILES string of the molecule is COc1ccc(NC(=O)c2sc(-n3nc(C)c(Cc4ccc(C)cc4)c3C)nc2C)c(OC)c1. The molecule has 0 aliphatic rings. The highest BCUT2D eigenvalue weighted by atomic mass is 32.1. The number of nitrogens with zero attached hydrogens (tertiary/aromatic N) is 3. The molecule has 7 nitrogen and oxygen atoms in total. The molecule has 2 aromatic heterocycles. The molecule has 1 N–H and O–H groups in total. The molecule has 0 fully saturated rings. The van der Waals surface area contributed by atoms with Crippen molar-refractivity contribution in [1.29, 1.82) is 0 Å². The highest BCUT2D eigenvalue weighted by Crippen LogP contribution is 2.31. The topological polar surface area (TPSA) is 78.3 Å². The molecule has 1 amide bonds. The number of aryl methyl sites for hydroxylation is 3. The summed E-state index contributed by atoms with van der Waals surface area (Å²) in [6.07, 6.45) is 0.799. The average Bonchev–Trinajstić information content (AvgIpc) is 3.35. The Labute approximate surface area is 203 Å². The van der Waals surface area contributed by atoms with Crippen LogP contribution in [0.15, 0.2) is 42.5 Å². The van der Waals surface area contributed by atoms with Gasteiger partial charge in [0, 0.05) is 23.7 Å². The number of hydrogen-bond donors (Lipinski definition) is 1. The first-order valence-corrected chi connectivity index (χ1v) is 11.7. The number of thiazole rings is 1. The summed E-state index contributed by atoms with van der Waals surface area (Å²) in [5.41, 5.74) is 6.84. The van der Waals surface area contributed by atoms with E-state index in [1.54, 1.807) is 32.4 Å². The normalized spacial score (nSPS) is 10.9. The second-order valence-corrected chi connectivity index (χ2v) is 9.13. The van der Waals surface area contributed by atoms with Crippen LogP contribution in [0, 0.1) is 27.7 Å². The Morgan fingerprint density at radius 2 is 1.74 bits per heavy atom. The lowest BCUT2D eigenvalue weighted by atomic mass is 10.0. The van der Waals surface area contributed by atoms with E-state index in [0.29, 0.717) is 32.9 Å². The lowest BCUT2D eigenvalue weighted by molar-refractivity contribution is 0.102. The maximum atomic E-state index is 13.1. The van der Waals surface area contributed by atoms with E-state index in [1.165, 1.54) is 28.0 Å². The largest absolute Gasteiger partial charge is 0.497 e. The van der Waals surface area contributed by atoms with E-state index >= 15 is 0 Å². The number of nitrogens with one attached hydrogen (secondary N) is 1. The predicted molar refractivity (Wildman–Crippen MR) is 135 cm³/mol. The second-order valence-electron chi connectivity index (χ2n) is 8.15. The first kappa shape index (κ1) is 23.5. The smallest absolute Gasteiger partial charge is 0.267 e. The summed E-state index contributed by atoms with van der Waals surface area (Å²) in [5.74, 6) is 0.928.